The second-order valence-corrected chi connectivity index (χ2v) is 3.03. The van der Waals surface area contributed by atoms with Crippen molar-refractivity contribution in [1.82, 2.24) is 10.2 Å². The van der Waals surface area contributed by atoms with E-state index in [1.165, 1.54) is 5.56 Å². The van der Waals surface area contributed by atoms with Gasteiger partial charge in [-0.3, -0.25) is 0 Å². The van der Waals surface area contributed by atoms with Gasteiger partial charge in [-0.25, -0.2) is 0 Å². The molecule has 14 heavy (non-hydrogen) atoms. The Labute approximate surface area is 82.0 Å². The molecule has 72 valence electrons. The number of rotatable bonds is 2. The second-order valence-electron chi connectivity index (χ2n) is 3.03. The second kappa shape index (κ2) is 3.49. The van der Waals surface area contributed by atoms with E-state index in [4.69, 9.17) is 4.42 Å². The lowest BCUT2D eigenvalue weighted by Crippen LogP contribution is -1.85. The SMILES string of the molecule is CNc1nnc(-c2cccc(C)c2)o1. The van der Waals surface area contributed by atoms with Crippen molar-refractivity contribution in [2.75, 3.05) is 12.4 Å². The van der Waals surface area contributed by atoms with Crippen LogP contribution in [0.4, 0.5) is 6.01 Å². The van der Waals surface area contributed by atoms with E-state index in [-0.39, 0.29) is 0 Å². The molecule has 0 aliphatic rings. The van der Waals surface area contributed by atoms with Crippen molar-refractivity contribution in [1.29, 1.82) is 0 Å². The maximum absolute atomic E-state index is 5.34. The average Bonchev–Trinajstić information content (AvgIpc) is 2.66. The van der Waals surface area contributed by atoms with Gasteiger partial charge in [-0.15, -0.1) is 5.10 Å². The summed E-state index contributed by atoms with van der Waals surface area (Å²) in [5, 5.41) is 10.5. The fourth-order valence-electron chi connectivity index (χ4n) is 1.22. The summed E-state index contributed by atoms with van der Waals surface area (Å²) in [6, 6.07) is 8.38. The van der Waals surface area contributed by atoms with Crippen molar-refractivity contribution < 1.29 is 4.42 Å². The summed E-state index contributed by atoms with van der Waals surface area (Å²) in [5.41, 5.74) is 2.12. The highest BCUT2D eigenvalue weighted by molar-refractivity contribution is 5.54. The van der Waals surface area contributed by atoms with Crippen LogP contribution in [-0.2, 0) is 0 Å². The Hall–Kier alpha value is -1.84. The molecule has 2 rings (SSSR count). The third-order valence-electron chi connectivity index (χ3n) is 1.90. The van der Waals surface area contributed by atoms with Crippen LogP contribution in [0.25, 0.3) is 11.5 Å². The van der Waals surface area contributed by atoms with Crippen LogP contribution < -0.4 is 5.32 Å². The van der Waals surface area contributed by atoms with Gasteiger partial charge in [0.25, 0.3) is 0 Å². The highest BCUT2D eigenvalue weighted by Gasteiger charge is 2.06. The first-order valence-electron chi connectivity index (χ1n) is 4.38. The predicted octanol–water partition coefficient (Wildman–Crippen LogP) is 2.09. The van der Waals surface area contributed by atoms with E-state index in [1.54, 1.807) is 7.05 Å². The van der Waals surface area contributed by atoms with Gasteiger partial charge in [0.2, 0.25) is 5.89 Å². The number of aromatic nitrogens is 2. The van der Waals surface area contributed by atoms with Crippen LogP contribution in [0.3, 0.4) is 0 Å². The maximum atomic E-state index is 5.34. The molecule has 4 heteroatoms. The van der Waals surface area contributed by atoms with Crippen molar-refractivity contribution in [2.45, 2.75) is 6.92 Å². The molecule has 0 aliphatic carbocycles. The Morgan fingerprint density at radius 1 is 1.29 bits per heavy atom. The average molecular weight is 189 g/mol. The zero-order chi connectivity index (χ0) is 9.97. The molecule has 0 spiro atoms. The Morgan fingerprint density at radius 3 is 2.79 bits per heavy atom. The molecule has 0 saturated carbocycles. The summed E-state index contributed by atoms with van der Waals surface area (Å²) in [4.78, 5) is 0. The van der Waals surface area contributed by atoms with Gasteiger partial charge in [-0.1, -0.05) is 22.8 Å². The number of anilines is 1. The molecule has 0 bridgehead atoms. The molecular weight excluding hydrogens is 178 g/mol. The standard InChI is InChI=1S/C10H11N3O/c1-7-4-3-5-8(6-7)9-12-13-10(11-2)14-9/h3-6H,1-2H3,(H,11,13). The molecule has 2 aromatic rings. The van der Waals surface area contributed by atoms with Crippen LogP contribution in [0.1, 0.15) is 5.56 Å². The van der Waals surface area contributed by atoms with Gasteiger partial charge >= 0.3 is 6.01 Å². The summed E-state index contributed by atoms with van der Waals surface area (Å²) in [6.07, 6.45) is 0. The van der Waals surface area contributed by atoms with Crippen LogP contribution in [0.2, 0.25) is 0 Å². The zero-order valence-corrected chi connectivity index (χ0v) is 8.11. The summed E-state index contributed by atoms with van der Waals surface area (Å²) < 4.78 is 5.34. The quantitative estimate of drug-likeness (QED) is 0.785. The summed E-state index contributed by atoms with van der Waals surface area (Å²) in [5.74, 6) is 0.540. The van der Waals surface area contributed by atoms with Crippen LogP contribution in [0.5, 0.6) is 0 Å². The van der Waals surface area contributed by atoms with Gasteiger partial charge in [-0.2, -0.15) is 0 Å². The number of hydrogen-bond acceptors (Lipinski definition) is 4. The molecule has 0 fully saturated rings. The molecule has 1 aromatic heterocycles. The first-order chi connectivity index (χ1) is 6.79. The molecule has 0 atom stereocenters. The van der Waals surface area contributed by atoms with Crippen LogP contribution >= 0.6 is 0 Å². The molecule has 4 nitrogen and oxygen atoms in total. The number of benzene rings is 1. The van der Waals surface area contributed by atoms with Gasteiger partial charge in [0.1, 0.15) is 0 Å². The van der Waals surface area contributed by atoms with Crippen LogP contribution in [-0.4, -0.2) is 17.2 Å². The maximum Gasteiger partial charge on any atom is 0.315 e. The minimum absolute atomic E-state index is 0.432. The fraction of sp³-hybridized carbons (Fsp3) is 0.200. The van der Waals surface area contributed by atoms with Crippen molar-refractivity contribution >= 4 is 6.01 Å². The molecule has 0 unspecified atom stereocenters. The van der Waals surface area contributed by atoms with Gasteiger partial charge in [0.15, 0.2) is 0 Å². The number of hydrogen-bond donors (Lipinski definition) is 1. The van der Waals surface area contributed by atoms with E-state index >= 15 is 0 Å². The third kappa shape index (κ3) is 1.59. The Kier molecular flexibility index (Phi) is 2.18. The van der Waals surface area contributed by atoms with E-state index < -0.39 is 0 Å². The summed E-state index contributed by atoms with van der Waals surface area (Å²) in [6.45, 7) is 2.03. The molecule has 1 heterocycles. The monoisotopic (exact) mass is 189 g/mol. The van der Waals surface area contributed by atoms with E-state index in [9.17, 15) is 0 Å². The Bertz CT molecular complexity index is 436. The van der Waals surface area contributed by atoms with E-state index in [0.29, 0.717) is 11.9 Å². The number of nitrogens with one attached hydrogen (secondary N) is 1. The molecule has 1 N–H and O–H groups in total. The first-order valence-corrected chi connectivity index (χ1v) is 4.38. The Balaban J connectivity index is 2.39. The van der Waals surface area contributed by atoms with Gasteiger partial charge < -0.3 is 9.73 Å². The molecular formula is C10H11N3O. The Morgan fingerprint density at radius 2 is 2.14 bits per heavy atom. The van der Waals surface area contributed by atoms with E-state index in [1.807, 2.05) is 31.2 Å². The highest BCUT2D eigenvalue weighted by Crippen LogP contribution is 2.19. The molecule has 0 amide bonds. The molecule has 0 aliphatic heterocycles. The zero-order valence-electron chi connectivity index (χ0n) is 8.11. The topological polar surface area (TPSA) is 51.0 Å². The lowest BCUT2D eigenvalue weighted by atomic mass is 10.1. The normalized spacial score (nSPS) is 10.1. The lowest BCUT2D eigenvalue weighted by Gasteiger charge is -1.95. The minimum Gasteiger partial charge on any atom is -0.403 e. The summed E-state index contributed by atoms with van der Waals surface area (Å²) in [7, 11) is 1.74. The minimum atomic E-state index is 0.432. The molecule has 1 aromatic carbocycles. The van der Waals surface area contributed by atoms with Crippen molar-refractivity contribution in [3.05, 3.63) is 29.8 Å². The molecule has 0 radical (unpaired) electrons. The van der Waals surface area contributed by atoms with Gasteiger partial charge in [0.05, 0.1) is 0 Å². The molecule has 0 saturated heterocycles. The van der Waals surface area contributed by atoms with Crippen molar-refractivity contribution in [3.63, 3.8) is 0 Å². The highest BCUT2D eigenvalue weighted by atomic mass is 16.4. The first kappa shape index (κ1) is 8.74. The smallest absolute Gasteiger partial charge is 0.315 e. The van der Waals surface area contributed by atoms with E-state index in [0.717, 1.165) is 5.56 Å². The fourth-order valence-corrected chi connectivity index (χ4v) is 1.22. The van der Waals surface area contributed by atoms with Gasteiger partial charge in [-0.05, 0) is 19.1 Å². The van der Waals surface area contributed by atoms with Crippen LogP contribution in [0.15, 0.2) is 28.7 Å². The lowest BCUT2D eigenvalue weighted by molar-refractivity contribution is 0.585. The van der Waals surface area contributed by atoms with Crippen LogP contribution in [0, 0.1) is 6.92 Å². The predicted molar refractivity (Wildman–Crippen MR) is 54.0 cm³/mol. The third-order valence-corrected chi connectivity index (χ3v) is 1.90. The number of aryl methyl sites for hydroxylation is 1. The number of nitrogens with zero attached hydrogens (tertiary/aromatic N) is 2. The van der Waals surface area contributed by atoms with E-state index in [2.05, 4.69) is 15.5 Å². The largest absolute Gasteiger partial charge is 0.403 e. The summed E-state index contributed by atoms with van der Waals surface area (Å²) >= 11 is 0. The van der Waals surface area contributed by atoms with Gasteiger partial charge in [0, 0.05) is 12.6 Å². The van der Waals surface area contributed by atoms with Crippen molar-refractivity contribution in [2.24, 2.45) is 0 Å². The van der Waals surface area contributed by atoms with Crippen molar-refractivity contribution in [3.8, 4) is 11.5 Å².